The maximum atomic E-state index is 13.0. The zero-order valence-electron chi connectivity index (χ0n) is 17.3. The Morgan fingerprint density at radius 3 is 2.70 bits per heavy atom. The van der Waals surface area contributed by atoms with Crippen LogP contribution in [0.5, 0.6) is 10.9 Å². The minimum absolute atomic E-state index is 0.168. The van der Waals surface area contributed by atoms with E-state index < -0.39 is 5.91 Å². The minimum atomic E-state index is -0.444. The molecule has 1 amide bonds. The van der Waals surface area contributed by atoms with Crippen molar-refractivity contribution < 1.29 is 14.3 Å². The van der Waals surface area contributed by atoms with Crippen molar-refractivity contribution in [2.24, 2.45) is 0 Å². The third-order valence-electron chi connectivity index (χ3n) is 4.55. The third-order valence-corrected chi connectivity index (χ3v) is 5.55. The molecule has 0 radical (unpaired) electrons. The van der Waals surface area contributed by atoms with Crippen LogP contribution in [-0.2, 0) is 6.61 Å². The molecule has 0 aliphatic rings. The van der Waals surface area contributed by atoms with Crippen LogP contribution in [0, 0.1) is 6.57 Å². The lowest BCUT2D eigenvalue weighted by Gasteiger charge is -2.12. The van der Waals surface area contributed by atoms with Crippen molar-refractivity contribution in [2.45, 2.75) is 6.61 Å². The Hall–Kier alpha value is -4.00. The molecule has 0 unspecified atom stereocenters. The molecule has 164 valence electrons. The van der Waals surface area contributed by atoms with Crippen molar-refractivity contribution in [1.29, 1.82) is 0 Å². The van der Waals surface area contributed by atoms with Gasteiger partial charge in [-0.05, 0) is 46.7 Å². The molecule has 0 fully saturated rings. The summed E-state index contributed by atoms with van der Waals surface area (Å²) in [6, 6.07) is 16.1. The van der Waals surface area contributed by atoms with Crippen molar-refractivity contribution in [3.05, 3.63) is 88.4 Å². The summed E-state index contributed by atoms with van der Waals surface area (Å²) in [6.07, 6.45) is 1.36. The predicted octanol–water partition coefficient (Wildman–Crippen LogP) is 5.64. The van der Waals surface area contributed by atoms with Gasteiger partial charge < -0.3 is 14.3 Å². The molecule has 0 saturated carbocycles. The maximum Gasteiger partial charge on any atom is 0.296 e. The molecule has 4 aromatic rings. The van der Waals surface area contributed by atoms with Gasteiger partial charge in [-0.3, -0.25) is 10.1 Å². The number of ether oxygens (including phenoxy) is 2. The highest BCUT2D eigenvalue weighted by Gasteiger charge is 2.20. The van der Waals surface area contributed by atoms with Crippen LogP contribution in [-0.4, -0.2) is 28.2 Å². The third kappa shape index (κ3) is 5.26. The highest BCUT2D eigenvalue weighted by Crippen LogP contribution is 2.34. The van der Waals surface area contributed by atoms with Crippen molar-refractivity contribution in [2.75, 3.05) is 12.4 Å². The highest BCUT2D eigenvalue weighted by molar-refractivity contribution is 7.17. The topological polar surface area (TPSA) is 90.6 Å². The fraction of sp³-hybridized carbons (Fsp3) is 0.0870. The van der Waals surface area contributed by atoms with E-state index in [1.54, 1.807) is 31.4 Å². The van der Waals surface area contributed by atoms with Crippen LogP contribution in [0.2, 0.25) is 5.02 Å². The normalized spacial score (nSPS) is 10.3. The number of rotatable bonds is 7. The fourth-order valence-corrected chi connectivity index (χ4v) is 3.70. The molecule has 33 heavy (non-hydrogen) atoms. The molecule has 2 heterocycles. The average molecular weight is 478 g/mol. The molecule has 8 nitrogen and oxygen atoms in total. The summed E-state index contributed by atoms with van der Waals surface area (Å²) >= 11 is 6.99. The summed E-state index contributed by atoms with van der Waals surface area (Å²) in [7, 11) is 1.54. The van der Waals surface area contributed by atoms with Crippen LogP contribution in [0.3, 0.4) is 0 Å². The van der Waals surface area contributed by atoms with Crippen LogP contribution < -0.4 is 14.8 Å². The number of carbonyl (C=O) groups excluding carboxylic acids is 1. The van der Waals surface area contributed by atoms with Crippen LogP contribution >= 0.6 is 22.9 Å². The predicted molar refractivity (Wildman–Crippen MR) is 126 cm³/mol. The standard InChI is InChI=1S/C23H16ClN5O3S/c1-25-20-11-17(16-5-3-4-6-19(16)31-2)18(12-26-20)21(30)27-22-28-29-23(33-22)32-13-14-7-9-15(24)10-8-14/h3-12H,13H2,2H3,(H,27,28,30). The summed E-state index contributed by atoms with van der Waals surface area (Å²) in [4.78, 5) is 20.5. The first-order valence-corrected chi connectivity index (χ1v) is 10.8. The van der Waals surface area contributed by atoms with Gasteiger partial charge in [0.15, 0.2) is 0 Å². The molecule has 10 heteroatoms. The number of para-hydroxylation sites is 1. The Morgan fingerprint density at radius 2 is 1.94 bits per heavy atom. The molecule has 0 aliphatic heterocycles. The number of amides is 1. The first-order chi connectivity index (χ1) is 16.1. The van der Waals surface area contributed by atoms with Crippen molar-refractivity contribution in [3.63, 3.8) is 0 Å². The van der Waals surface area contributed by atoms with E-state index in [0.717, 1.165) is 16.9 Å². The zero-order chi connectivity index (χ0) is 23.2. The number of pyridine rings is 1. The molecule has 0 atom stereocenters. The van der Waals surface area contributed by atoms with Gasteiger partial charge in [-0.15, -0.1) is 10.1 Å². The van der Waals surface area contributed by atoms with Crippen LogP contribution in [0.15, 0.2) is 60.8 Å². The van der Waals surface area contributed by atoms with E-state index in [4.69, 9.17) is 27.6 Å². The average Bonchev–Trinajstić information content (AvgIpc) is 3.30. The number of nitrogens with zero attached hydrogens (tertiary/aromatic N) is 4. The summed E-state index contributed by atoms with van der Waals surface area (Å²) in [6.45, 7) is 7.56. The lowest BCUT2D eigenvalue weighted by Crippen LogP contribution is -2.13. The number of methoxy groups -OCH3 is 1. The largest absolute Gasteiger partial charge is 0.496 e. The molecule has 0 spiro atoms. The molecular formula is C23H16ClN5O3S. The van der Waals surface area contributed by atoms with E-state index in [1.165, 1.54) is 6.20 Å². The maximum absolute atomic E-state index is 13.0. The van der Waals surface area contributed by atoms with Gasteiger partial charge in [0, 0.05) is 10.6 Å². The van der Waals surface area contributed by atoms with Gasteiger partial charge in [0.05, 0.1) is 12.7 Å². The molecule has 0 bridgehead atoms. The van der Waals surface area contributed by atoms with Gasteiger partial charge in [0.1, 0.15) is 18.6 Å². The lowest BCUT2D eigenvalue weighted by molar-refractivity contribution is 0.102. The Bertz CT molecular complexity index is 1330. The quantitative estimate of drug-likeness (QED) is 0.346. The number of anilines is 1. The van der Waals surface area contributed by atoms with Crippen LogP contribution in [0.1, 0.15) is 15.9 Å². The number of halogens is 1. The monoisotopic (exact) mass is 477 g/mol. The van der Waals surface area contributed by atoms with E-state index >= 15 is 0 Å². The van der Waals surface area contributed by atoms with Crippen molar-refractivity contribution in [1.82, 2.24) is 15.2 Å². The van der Waals surface area contributed by atoms with Gasteiger partial charge in [0.2, 0.25) is 5.13 Å². The number of aromatic nitrogens is 3. The van der Waals surface area contributed by atoms with Gasteiger partial charge >= 0.3 is 0 Å². The van der Waals surface area contributed by atoms with Crippen molar-refractivity contribution >= 4 is 39.8 Å². The van der Waals surface area contributed by atoms with E-state index in [0.29, 0.717) is 33.7 Å². The Kier molecular flexibility index (Phi) is 6.78. The van der Waals surface area contributed by atoms with Crippen LogP contribution in [0.4, 0.5) is 10.9 Å². The number of hydrogen-bond donors (Lipinski definition) is 1. The van der Waals surface area contributed by atoms with E-state index in [1.807, 2.05) is 30.3 Å². The van der Waals surface area contributed by atoms with E-state index in [2.05, 4.69) is 25.3 Å². The number of benzene rings is 2. The Morgan fingerprint density at radius 1 is 1.15 bits per heavy atom. The zero-order valence-corrected chi connectivity index (χ0v) is 18.9. The van der Waals surface area contributed by atoms with E-state index in [9.17, 15) is 4.79 Å². The second kappa shape index (κ2) is 10.1. The second-order valence-corrected chi connectivity index (χ2v) is 8.02. The van der Waals surface area contributed by atoms with Gasteiger partial charge in [-0.25, -0.2) is 0 Å². The SMILES string of the molecule is [C-]#[N+]c1cc(-c2ccccc2OC)c(C(=O)Nc2nnc(OCc3ccc(Cl)cc3)s2)cn1. The van der Waals surface area contributed by atoms with Gasteiger partial charge in [0.25, 0.3) is 16.9 Å². The summed E-state index contributed by atoms with van der Waals surface area (Å²) in [5, 5.41) is 11.9. The highest BCUT2D eigenvalue weighted by atomic mass is 35.5. The summed E-state index contributed by atoms with van der Waals surface area (Å²) < 4.78 is 11.1. The Balaban J connectivity index is 1.53. The lowest BCUT2D eigenvalue weighted by atomic mass is 10.00. The summed E-state index contributed by atoms with van der Waals surface area (Å²) in [5.41, 5.74) is 2.38. The molecule has 0 saturated heterocycles. The van der Waals surface area contributed by atoms with Gasteiger partial charge in [-0.2, -0.15) is 0 Å². The fourth-order valence-electron chi connectivity index (χ4n) is 2.99. The number of hydrogen-bond acceptors (Lipinski definition) is 7. The molecule has 1 N–H and O–H groups in total. The molecule has 2 aromatic heterocycles. The van der Waals surface area contributed by atoms with Crippen molar-refractivity contribution in [3.8, 4) is 22.1 Å². The molecule has 2 aromatic carbocycles. The summed E-state index contributed by atoms with van der Waals surface area (Å²) in [5.74, 6) is 0.295. The van der Waals surface area contributed by atoms with E-state index in [-0.39, 0.29) is 16.5 Å². The first-order valence-electron chi connectivity index (χ1n) is 9.60. The second-order valence-electron chi connectivity index (χ2n) is 6.64. The molecular weight excluding hydrogens is 462 g/mol. The van der Waals surface area contributed by atoms with Gasteiger partial charge in [-0.1, -0.05) is 53.6 Å². The smallest absolute Gasteiger partial charge is 0.296 e. The Labute approximate surface area is 198 Å². The van der Waals surface area contributed by atoms with Crippen LogP contribution in [0.25, 0.3) is 16.0 Å². The first kappa shape index (κ1) is 22.2. The number of carbonyl (C=O) groups is 1. The molecule has 0 aliphatic carbocycles. The minimum Gasteiger partial charge on any atom is -0.496 e. The molecule has 4 rings (SSSR count). The number of nitrogens with one attached hydrogen (secondary N) is 1.